The van der Waals surface area contributed by atoms with E-state index >= 15 is 0 Å². The predicted octanol–water partition coefficient (Wildman–Crippen LogP) is 4.46. The Bertz CT molecular complexity index is 848. The number of fused-ring (bicyclic) bond motifs is 1. The van der Waals surface area contributed by atoms with Crippen LogP contribution in [0.2, 0.25) is 10.0 Å². The molecule has 0 amide bonds. The van der Waals surface area contributed by atoms with Crippen LogP contribution in [0.3, 0.4) is 0 Å². The number of halogens is 4. The van der Waals surface area contributed by atoms with Gasteiger partial charge in [-0.3, -0.25) is 0 Å². The highest BCUT2D eigenvalue weighted by molar-refractivity contribution is 6.38. The molecule has 0 spiro atoms. The monoisotopic (exact) mass is 325 g/mol. The molecule has 2 aromatic carbocycles. The first-order chi connectivity index (χ1) is 9.94. The first-order valence-electron chi connectivity index (χ1n) is 5.83. The Morgan fingerprint density at radius 3 is 2.24 bits per heavy atom. The lowest BCUT2D eigenvalue weighted by Gasteiger charge is -2.07. The van der Waals surface area contributed by atoms with Crippen LogP contribution in [0.25, 0.3) is 22.3 Å². The molecule has 3 rings (SSSR count). The molecule has 0 aliphatic carbocycles. The zero-order valence-corrected chi connectivity index (χ0v) is 11.9. The standard InChI is InChI=1S/C14H7Cl2F2N3/c15-7-3-10-12(11(16)4-7)20-14(21-13(10)19)6-1-8(17)5-9(18)2-6/h1-5H,(H2,19,20,21). The molecule has 2 N–H and O–H groups in total. The van der Waals surface area contributed by atoms with Crippen LogP contribution in [-0.4, -0.2) is 9.97 Å². The Morgan fingerprint density at radius 2 is 1.57 bits per heavy atom. The number of aromatic nitrogens is 2. The third-order valence-electron chi connectivity index (χ3n) is 2.87. The fourth-order valence-corrected chi connectivity index (χ4v) is 2.53. The van der Waals surface area contributed by atoms with Crippen LogP contribution in [0.1, 0.15) is 0 Å². The van der Waals surface area contributed by atoms with E-state index in [1.807, 2.05) is 0 Å². The topological polar surface area (TPSA) is 51.8 Å². The van der Waals surface area contributed by atoms with E-state index in [0.717, 1.165) is 18.2 Å². The summed E-state index contributed by atoms with van der Waals surface area (Å²) in [6, 6.07) is 6.09. The Morgan fingerprint density at radius 1 is 0.905 bits per heavy atom. The molecule has 0 aliphatic heterocycles. The van der Waals surface area contributed by atoms with Crippen molar-refractivity contribution in [3.8, 4) is 11.4 Å². The lowest BCUT2D eigenvalue weighted by Crippen LogP contribution is -1.99. The molecular weight excluding hydrogens is 319 g/mol. The Labute approximate surface area is 128 Å². The van der Waals surface area contributed by atoms with Crippen LogP contribution < -0.4 is 5.73 Å². The highest BCUT2D eigenvalue weighted by atomic mass is 35.5. The van der Waals surface area contributed by atoms with Crippen LogP contribution in [0.5, 0.6) is 0 Å². The summed E-state index contributed by atoms with van der Waals surface area (Å²) in [5.74, 6) is -1.24. The number of nitrogens with two attached hydrogens (primary N) is 1. The molecule has 3 aromatic rings. The molecule has 21 heavy (non-hydrogen) atoms. The summed E-state index contributed by atoms with van der Waals surface area (Å²) in [6.45, 7) is 0. The van der Waals surface area contributed by atoms with Gasteiger partial charge < -0.3 is 5.73 Å². The zero-order chi connectivity index (χ0) is 15.1. The molecule has 0 saturated carbocycles. The molecule has 0 atom stereocenters. The van der Waals surface area contributed by atoms with E-state index in [4.69, 9.17) is 28.9 Å². The fraction of sp³-hybridized carbons (Fsp3) is 0. The quantitative estimate of drug-likeness (QED) is 0.718. The fourth-order valence-electron chi connectivity index (χ4n) is 1.99. The van der Waals surface area contributed by atoms with Gasteiger partial charge in [0.1, 0.15) is 17.5 Å². The third-order valence-corrected chi connectivity index (χ3v) is 3.38. The lowest BCUT2D eigenvalue weighted by molar-refractivity contribution is 0.584. The van der Waals surface area contributed by atoms with Crippen molar-refractivity contribution in [2.75, 3.05) is 5.73 Å². The molecule has 1 heterocycles. The SMILES string of the molecule is Nc1nc(-c2cc(F)cc(F)c2)nc2c(Cl)cc(Cl)cc12. The van der Waals surface area contributed by atoms with Crippen molar-refractivity contribution in [2.45, 2.75) is 0 Å². The van der Waals surface area contributed by atoms with Gasteiger partial charge in [0, 0.05) is 22.0 Å². The molecule has 3 nitrogen and oxygen atoms in total. The van der Waals surface area contributed by atoms with Crippen LogP contribution in [0.4, 0.5) is 14.6 Å². The van der Waals surface area contributed by atoms with Crippen molar-refractivity contribution >= 4 is 39.9 Å². The molecular formula is C14H7Cl2F2N3. The van der Waals surface area contributed by atoms with Crippen LogP contribution in [0.15, 0.2) is 30.3 Å². The average molecular weight is 326 g/mol. The van der Waals surface area contributed by atoms with Crippen molar-refractivity contribution in [3.05, 3.63) is 52.0 Å². The van der Waals surface area contributed by atoms with Crippen molar-refractivity contribution in [1.29, 1.82) is 0 Å². The second kappa shape index (κ2) is 5.09. The maximum atomic E-state index is 13.3. The average Bonchev–Trinajstić information content (AvgIpc) is 2.38. The summed E-state index contributed by atoms with van der Waals surface area (Å²) in [7, 11) is 0. The first kappa shape index (κ1) is 14.0. The zero-order valence-electron chi connectivity index (χ0n) is 10.4. The van der Waals surface area contributed by atoms with Crippen LogP contribution >= 0.6 is 23.2 Å². The summed E-state index contributed by atoms with van der Waals surface area (Å²) in [4.78, 5) is 8.27. The van der Waals surface area contributed by atoms with Gasteiger partial charge in [-0.15, -0.1) is 0 Å². The maximum absolute atomic E-state index is 13.3. The number of nitrogen functional groups attached to an aromatic ring is 1. The van der Waals surface area contributed by atoms with Crippen LogP contribution in [-0.2, 0) is 0 Å². The smallest absolute Gasteiger partial charge is 0.162 e. The highest BCUT2D eigenvalue weighted by Crippen LogP contribution is 2.31. The number of anilines is 1. The van der Waals surface area contributed by atoms with Gasteiger partial charge >= 0.3 is 0 Å². The minimum absolute atomic E-state index is 0.0858. The van der Waals surface area contributed by atoms with E-state index in [-0.39, 0.29) is 22.2 Å². The van der Waals surface area contributed by atoms with Gasteiger partial charge in [-0.05, 0) is 24.3 Å². The van der Waals surface area contributed by atoms with Gasteiger partial charge in [0.05, 0.1) is 10.5 Å². The van der Waals surface area contributed by atoms with Gasteiger partial charge in [0.25, 0.3) is 0 Å². The van der Waals surface area contributed by atoms with Gasteiger partial charge in [0.15, 0.2) is 5.82 Å². The van der Waals surface area contributed by atoms with E-state index in [2.05, 4.69) is 9.97 Å². The molecule has 1 aromatic heterocycles. The Hall–Kier alpha value is -1.98. The second-order valence-corrected chi connectivity index (χ2v) is 5.22. The Balaban J connectivity index is 2.30. The van der Waals surface area contributed by atoms with E-state index in [1.165, 1.54) is 6.07 Å². The summed E-state index contributed by atoms with van der Waals surface area (Å²) in [5.41, 5.74) is 6.39. The molecule has 106 valence electrons. The number of rotatable bonds is 1. The van der Waals surface area contributed by atoms with Crippen molar-refractivity contribution in [2.24, 2.45) is 0 Å². The van der Waals surface area contributed by atoms with Gasteiger partial charge in [-0.1, -0.05) is 23.2 Å². The summed E-state index contributed by atoms with van der Waals surface area (Å²) < 4.78 is 26.6. The summed E-state index contributed by atoms with van der Waals surface area (Å²) >= 11 is 12.0. The van der Waals surface area contributed by atoms with E-state index in [1.54, 1.807) is 6.07 Å². The maximum Gasteiger partial charge on any atom is 0.162 e. The van der Waals surface area contributed by atoms with E-state index in [0.29, 0.717) is 15.9 Å². The van der Waals surface area contributed by atoms with Gasteiger partial charge in [-0.25, -0.2) is 18.7 Å². The van der Waals surface area contributed by atoms with Gasteiger partial charge in [0.2, 0.25) is 0 Å². The number of nitrogens with zero attached hydrogens (tertiary/aromatic N) is 2. The number of benzene rings is 2. The lowest BCUT2D eigenvalue weighted by atomic mass is 10.1. The predicted molar refractivity (Wildman–Crippen MR) is 79.3 cm³/mol. The normalized spacial score (nSPS) is 11.0. The second-order valence-electron chi connectivity index (χ2n) is 4.37. The van der Waals surface area contributed by atoms with E-state index in [9.17, 15) is 8.78 Å². The largest absolute Gasteiger partial charge is 0.383 e. The first-order valence-corrected chi connectivity index (χ1v) is 6.58. The molecule has 0 aliphatic rings. The molecule has 0 bridgehead atoms. The minimum Gasteiger partial charge on any atom is -0.383 e. The van der Waals surface area contributed by atoms with Crippen molar-refractivity contribution < 1.29 is 8.78 Å². The highest BCUT2D eigenvalue weighted by Gasteiger charge is 2.12. The molecule has 0 unspecified atom stereocenters. The molecule has 0 saturated heterocycles. The van der Waals surface area contributed by atoms with Crippen molar-refractivity contribution in [1.82, 2.24) is 9.97 Å². The molecule has 0 radical (unpaired) electrons. The summed E-state index contributed by atoms with van der Waals surface area (Å²) in [5, 5.41) is 1.16. The van der Waals surface area contributed by atoms with Gasteiger partial charge in [-0.2, -0.15) is 0 Å². The third kappa shape index (κ3) is 2.62. The number of hydrogen-bond donors (Lipinski definition) is 1. The molecule has 0 fully saturated rings. The van der Waals surface area contributed by atoms with E-state index < -0.39 is 11.6 Å². The van der Waals surface area contributed by atoms with Crippen molar-refractivity contribution in [3.63, 3.8) is 0 Å². The minimum atomic E-state index is -0.727. The number of hydrogen-bond acceptors (Lipinski definition) is 3. The summed E-state index contributed by atoms with van der Waals surface area (Å²) in [6.07, 6.45) is 0. The van der Waals surface area contributed by atoms with Crippen LogP contribution in [0, 0.1) is 11.6 Å². The Kier molecular flexibility index (Phi) is 3.39. The molecule has 7 heteroatoms.